The van der Waals surface area contributed by atoms with Gasteiger partial charge in [-0.3, -0.25) is 16.0 Å². The maximum absolute atomic E-state index is 6.26. The van der Waals surface area contributed by atoms with Gasteiger partial charge in [-0.2, -0.15) is 5.10 Å². The summed E-state index contributed by atoms with van der Waals surface area (Å²) in [6.45, 7) is 1.97. The second-order valence-corrected chi connectivity index (χ2v) is 6.15. The molecular weight excluding hydrogens is 340 g/mol. The zero-order chi connectivity index (χ0) is 14.7. The Hall–Kier alpha value is -0.880. The van der Waals surface area contributed by atoms with Crippen molar-refractivity contribution in [2.24, 2.45) is 12.9 Å². The molecular formula is C14H18BrClN4. The lowest BCUT2D eigenvalue weighted by Gasteiger charge is -2.16. The summed E-state index contributed by atoms with van der Waals surface area (Å²) in [4.78, 5) is 0. The molecule has 0 aliphatic carbocycles. The van der Waals surface area contributed by atoms with Crippen LogP contribution in [0.4, 0.5) is 0 Å². The highest BCUT2D eigenvalue weighted by Crippen LogP contribution is 2.21. The van der Waals surface area contributed by atoms with E-state index in [9.17, 15) is 0 Å². The maximum atomic E-state index is 6.26. The quantitative estimate of drug-likeness (QED) is 0.639. The van der Waals surface area contributed by atoms with Crippen LogP contribution in [-0.2, 0) is 19.9 Å². The number of hydrogen-bond donors (Lipinski definition) is 2. The standard InChI is InChI=1S/C14H18BrClN4/c1-9-13(14(16)20(2)19-9)8-12(18-17)7-10-3-5-11(15)6-4-10/h3-6,12,18H,7-8,17H2,1-2H3. The fraction of sp³-hybridized carbons (Fsp3) is 0.357. The number of rotatable bonds is 5. The molecule has 0 aliphatic heterocycles. The Bertz CT molecular complexity index is 580. The van der Waals surface area contributed by atoms with Gasteiger partial charge in [-0.1, -0.05) is 39.7 Å². The van der Waals surface area contributed by atoms with Gasteiger partial charge in [-0.25, -0.2) is 0 Å². The van der Waals surface area contributed by atoms with Gasteiger partial charge in [0.25, 0.3) is 0 Å². The highest BCUT2D eigenvalue weighted by molar-refractivity contribution is 9.10. The maximum Gasteiger partial charge on any atom is 0.130 e. The van der Waals surface area contributed by atoms with Crippen LogP contribution >= 0.6 is 27.5 Å². The van der Waals surface area contributed by atoms with Crippen molar-refractivity contribution in [2.45, 2.75) is 25.8 Å². The van der Waals surface area contributed by atoms with Gasteiger partial charge in [0.2, 0.25) is 0 Å². The number of halogens is 2. The number of hydrazine groups is 1. The summed E-state index contributed by atoms with van der Waals surface area (Å²) in [6.07, 6.45) is 1.60. The van der Waals surface area contributed by atoms with Crippen LogP contribution in [0.15, 0.2) is 28.7 Å². The van der Waals surface area contributed by atoms with E-state index in [0.29, 0.717) is 5.15 Å². The molecule has 108 valence electrons. The third kappa shape index (κ3) is 3.61. The zero-order valence-electron chi connectivity index (χ0n) is 11.5. The lowest BCUT2D eigenvalue weighted by Crippen LogP contribution is -2.38. The second-order valence-electron chi connectivity index (χ2n) is 4.88. The van der Waals surface area contributed by atoms with Crippen molar-refractivity contribution >= 4 is 27.5 Å². The van der Waals surface area contributed by atoms with E-state index in [2.05, 4.69) is 38.6 Å². The molecule has 0 fully saturated rings. The average molecular weight is 358 g/mol. The Morgan fingerprint density at radius 1 is 1.35 bits per heavy atom. The number of hydrogen-bond acceptors (Lipinski definition) is 3. The summed E-state index contributed by atoms with van der Waals surface area (Å²) in [5.74, 6) is 5.68. The molecule has 2 aromatic rings. The molecule has 0 spiro atoms. The van der Waals surface area contributed by atoms with Crippen LogP contribution in [0.25, 0.3) is 0 Å². The Balaban J connectivity index is 2.11. The molecule has 0 saturated carbocycles. The molecule has 20 heavy (non-hydrogen) atoms. The van der Waals surface area contributed by atoms with Crippen molar-refractivity contribution in [1.82, 2.24) is 15.2 Å². The van der Waals surface area contributed by atoms with E-state index in [1.54, 1.807) is 4.68 Å². The van der Waals surface area contributed by atoms with Crippen molar-refractivity contribution < 1.29 is 0 Å². The van der Waals surface area contributed by atoms with Crippen LogP contribution in [0.3, 0.4) is 0 Å². The Kier molecular flexibility index (Phi) is 5.21. The Morgan fingerprint density at radius 3 is 2.50 bits per heavy atom. The first kappa shape index (κ1) is 15.5. The van der Waals surface area contributed by atoms with E-state index in [0.717, 1.165) is 28.6 Å². The molecule has 1 heterocycles. The van der Waals surface area contributed by atoms with Gasteiger partial charge in [-0.15, -0.1) is 0 Å². The summed E-state index contributed by atoms with van der Waals surface area (Å²) >= 11 is 9.70. The van der Waals surface area contributed by atoms with Crippen LogP contribution in [0.2, 0.25) is 5.15 Å². The minimum atomic E-state index is 0.122. The summed E-state index contributed by atoms with van der Waals surface area (Å²) in [6, 6.07) is 8.37. The SMILES string of the molecule is Cc1nn(C)c(Cl)c1CC(Cc1ccc(Br)cc1)NN. The molecule has 2 rings (SSSR count). The zero-order valence-corrected chi connectivity index (χ0v) is 13.9. The summed E-state index contributed by atoms with van der Waals surface area (Å²) in [7, 11) is 1.85. The third-order valence-corrected chi connectivity index (χ3v) is 4.35. The highest BCUT2D eigenvalue weighted by Gasteiger charge is 2.16. The van der Waals surface area contributed by atoms with Crippen LogP contribution in [0, 0.1) is 6.92 Å². The Morgan fingerprint density at radius 2 is 2.00 bits per heavy atom. The molecule has 0 radical (unpaired) electrons. The lowest BCUT2D eigenvalue weighted by molar-refractivity contribution is 0.521. The number of nitrogens with zero attached hydrogens (tertiary/aromatic N) is 2. The second kappa shape index (κ2) is 6.72. The molecule has 4 nitrogen and oxygen atoms in total. The number of nitrogens with two attached hydrogens (primary N) is 1. The van der Waals surface area contributed by atoms with Gasteiger partial charge >= 0.3 is 0 Å². The van der Waals surface area contributed by atoms with Gasteiger partial charge in [0.15, 0.2) is 0 Å². The van der Waals surface area contributed by atoms with Crippen LogP contribution in [0.1, 0.15) is 16.8 Å². The number of aryl methyl sites for hydroxylation is 2. The van der Waals surface area contributed by atoms with E-state index in [4.69, 9.17) is 17.4 Å². The minimum absolute atomic E-state index is 0.122. The molecule has 6 heteroatoms. The molecule has 1 aromatic heterocycles. The molecule has 1 atom stereocenters. The third-order valence-electron chi connectivity index (χ3n) is 3.35. The Labute approximate surface area is 132 Å². The average Bonchev–Trinajstić information content (AvgIpc) is 2.66. The van der Waals surface area contributed by atoms with Crippen LogP contribution in [-0.4, -0.2) is 15.8 Å². The molecule has 3 N–H and O–H groups in total. The van der Waals surface area contributed by atoms with Gasteiger partial charge < -0.3 is 0 Å². The fourth-order valence-electron chi connectivity index (χ4n) is 2.25. The highest BCUT2D eigenvalue weighted by atomic mass is 79.9. The first-order valence-corrected chi connectivity index (χ1v) is 7.57. The van der Waals surface area contributed by atoms with Gasteiger partial charge in [0, 0.05) is 23.1 Å². The van der Waals surface area contributed by atoms with E-state index in [1.807, 2.05) is 26.1 Å². The van der Waals surface area contributed by atoms with Gasteiger partial charge in [-0.05, 0) is 37.5 Å². The molecule has 1 aromatic carbocycles. The van der Waals surface area contributed by atoms with Crippen LogP contribution < -0.4 is 11.3 Å². The van der Waals surface area contributed by atoms with E-state index in [1.165, 1.54) is 5.56 Å². The topological polar surface area (TPSA) is 55.9 Å². The predicted octanol–water partition coefficient (Wildman–Crippen LogP) is 2.76. The summed E-state index contributed by atoms with van der Waals surface area (Å²) < 4.78 is 2.77. The number of benzene rings is 1. The molecule has 0 saturated heterocycles. The first-order valence-electron chi connectivity index (χ1n) is 6.39. The fourth-order valence-corrected chi connectivity index (χ4v) is 2.76. The van der Waals surface area contributed by atoms with Crippen molar-refractivity contribution in [2.75, 3.05) is 0 Å². The van der Waals surface area contributed by atoms with Crippen molar-refractivity contribution in [3.63, 3.8) is 0 Å². The van der Waals surface area contributed by atoms with Crippen molar-refractivity contribution in [3.05, 3.63) is 50.7 Å². The lowest BCUT2D eigenvalue weighted by atomic mass is 10.00. The molecule has 1 unspecified atom stereocenters. The van der Waals surface area contributed by atoms with Crippen LogP contribution in [0.5, 0.6) is 0 Å². The van der Waals surface area contributed by atoms with Crippen molar-refractivity contribution in [1.29, 1.82) is 0 Å². The van der Waals surface area contributed by atoms with E-state index >= 15 is 0 Å². The first-order chi connectivity index (χ1) is 9.51. The monoisotopic (exact) mass is 356 g/mol. The molecule has 0 aliphatic rings. The normalized spacial score (nSPS) is 12.7. The summed E-state index contributed by atoms with van der Waals surface area (Å²) in [5, 5.41) is 5.01. The largest absolute Gasteiger partial charge is 0.271 e. The van der Waals surface area contributed by atoms with Gasteiger partial charge in [0.1, 0.15) is 5.15 Å². The van der Waals surface area contributed by atoms with Gasteiger partial charge in [0.05, 0.1) is 5.69 Å². The number of nitrogens with one attached hydrogen (secondary N) is 1. The minimum Gasteiger partial charge on any atom is -0.271 e. The predicted molar refractivity (Wildman–Crippen MR) is 85.6 cm³/mol. The van der Waals surface area contributed by atoms with E-state index < -0.39 is 0 Å². The van der Waals surface area contributed by atoms with Crippen molar-refractivity contribution in [3.8, 4) is 0 Å². The molecule has 0 amide bonds. The smallest absolute Gasteiger partial charge is 0.130 e. The number of aromatic nitrogens is 2. The molecule has 0 bridgehead atoms. The summed E-state index contributed by atoms with van der Waals surface area (Å²) in [5.41, 5.74) is 6.10. The van der Waals surface area contributed by atoms with E-state index in [-0.39, 0.29) is 6.04 Å².